The highest BCUT2D eigenvalue weighted by Crippen LogP contribution is 2.22. The van der Waals surface area contributed by atoms with Crippen molar-refractivity contribution in [3.05, 3.63) is 23.8 Å². The third-order valence-electron chi connectivity index (χ3n) is 3.23. The normalized spacial score (nSPS) is 11.9. The van der Waals surface area contributed by atoms with Crippen molar-refractivity contribution in [1.29, 1.82) is 0 Å². The van der Waals surface area contributed by atoms with Gasteiger partial charge in [-0.25, -0.2) is 13.1 Å². The van der Waals surface area contributed by atoms with E-state index in [1.54, 1.807) is 6.07 Å². The molecule has 1 aromatic carbocycles. The van der Waals surface area contributed by atoms with Crippen LogP contribution in [0.3, 0.4) is 0 Å². The average Bonchev–Trinajstić information content (AvgIpc) is 2.45. The number of hydrogen-bond acceptors (Lipinski definition) is 4. The summed E-state index contributed by atoms with van der Waals surface area (Å²) in [5, 5.41) is 9.24. The quantitative estimate of drug-likeness (QED) is 0.686. The number of hydrogen-bond donors (Lipinski definition) is 2. The van der Waals surface area contributed by atoms with Gasteiger partial charge in [-0.05, 0) is 30.5 Å². The molecule has 0 aliphatic rings. The van der Waals surface area contributed by atoms with Crippen LogP contribution in [0, 0.1) is 5.92 Å². The molecule has 1 aromatic rings. The van der Waals surface area contributed by atoms with E-state index in [2.05, 4.69) is 18.6 Å². The van der Waals surface area contributed by atoms with E-state index in [1.165, 1.54) is 19.2 Å². The second-order valence-corrected chi connectivity index (χ2v) is 7.19. The van der Waals surface area contributed by atoms with E-state index in [0.29, 0.717) is 23.8 Å². The Kier molecular flexibility index (Phi) is 7.14. The number of nitrogens with one attached hydrogen (secondary N) is 1. The van der Waals surface area contributed by atoms with Gasteiger partial charge in [0.25, 0.3) is 0 Å². The lowest BCUT2D eigenvalue weighted by Crippen LogP contribution is -2.25. The minimum atomic E-state index is -3.54. The summed E-state index contributed by atoms with van der Waals surface area (Å²) >= 11 is 0. The minimum Gasteiger partial charge on any atom is -0.496 e. The summed E-state index contributed by atoms with van der Waals surface area (Å²) in [5.41, 5.74) is 0.459. The van der Waals surface area contributed by atoms with Crippen molar-refractivity contribution in [2.75, 3.05) is 13.7 Å². The molecule has 0 aliphatic carbocycles. The Balaban J connectivity index is 2.66. The molecule has 5 nitrogen and oxygen atoms in total. The third kappa shape index (κ3) is 5.65. The van der Waals surface area contributed by atoms with Crippen molar-refractivity contribution in [2.45, 2.75) is 44.6 Å². The summed E-state index contributed by atoms with van der Waals surface area (Å²) in [6.45, 7) is 4.46. The predicted octanol–water partition coefficient (Wildman–Crippen LogP) is 2.29. The molecule has 6 heteroatoms. The van der Waals surface area contributed by atoms with Gasteiger partial charge in [0, 0.05) is 12.1 Å². The monoisotopic (exact) mass is 315 g/mol. The lowest BCUT2D eigenvalue weighted by molar-refractivity contribution is 0.273. The zero-order valence-electron chi connectivity index (χ0n) is 12.9. The molecule has 0 fully saturated rings. The van der Waals surface area contributed by atoms with Crippen molar-refractivity contribution >= 4 is 10.0 Å². The van der Waals surface area contributed by atoms with Crippen molar-refractivity contribution in [3.63, 3.8) is 0 Å². The number of methoxy groups -OCH3 is 1. The first-order valence-corrected chi connectivity index (χ1v) is 8.66. The maximum atomic E-state index is 12.2. The van der Waals surface area contributed by atoms with Crippen LogP contribution in [0.4, 0.5) is 0 Å². The number of ether oxygens (including phenoxy) is 1. The third-order valence-corrected chi connectivity index (χ3v) is 4.69. The molecule has 21 heavy (non-hydrogen) atoms. The molecule has 0 heterocycles. The first-order chi connectivity index (χ1) is 9.90. The summed E-state index contributed by atoms with van der Waals surface area (Å²) in [6, 6.07) is 4.47. The second-order valence-electron chi connectivity index (χ2n) is 5.42. The molecule has 0 aromatic heterocycles. The summed E-state index contributed by atoms with van der Waals surface area (Å²) in [4.78, 5) is 0.149. The van der Waals surface area contributed by atoms with Crippen molar-refractivity contribution < 1.29 is 18.3 Å². The Labute approximate surface area is 127 Å². The van der Waals surface area contributed by atoms with E-state index in [9.17, 15) is 13.5 Å². The van der Waals surface area contributed by atoms with Crippen LogP contribution in [0.25, 0.3) is 0 Å². The first-order valence-electron chi connectivity index (χ1n) is 7.18. The molecule has 0 bridgehead atoms. The van der Waals surface area contributed by atoms with Crippen LogP contribution in [0.2, 0.25) is 0 Å². The molecular weight excluding hydrogens is 290 g/mol. The number of unbranched alkanes of at least 4 members (excludes halogenated alkanes) is 1. The fraction of sp³-hybridized carbons (Fsp3) is 0.600. The van der Waals surface area contributed by atoms with E-state index >= 15 is 0 Å². The molecule has 120 valence electrons. The topological polar surface area (TPSA) is 75.6 Å². The molecule has 0 unspecified atom stereocenters. The van der Waals surface area contributed by atoms with Gasteiger partial charge in [-0.3, -0.25) is 0 Å². The van der Waals surface area contributed by atoms with E-state index in [-0.39, 0.29) is 11.5 Å². The Hall–Kier alpha value is -1.11. The lowest BCUT2D eigenvalue weighted by atomic mass is 10.1. The van der Waals surface area contributed by atoms with Crippen molar-refractivity contribution in [2.24, 2.45) is 5.92 Å². The molecule has 0 saturated heterocycles. The van der Waals surface area contributed by atoms with Crippen LogP contribution < -0.4 is 9.46 Å². The van der Waals surface area contributed by atoms with E-state index in [1.807, 2.05) is 0 Å². The molecule has 2 N–H and O–H groups in total. The molecule has 0 radical (unpaired) electrons. The smallest absolute Gasteiger partial charge is 0.240 e. The number of rotatable bonds is 9. The van der Waals surface area contributed by atoms with E-state index < -0.39 is 10.0 Å². The fourth-order valence-corrected chi connectivity index (χ4v) is 3.14. The molecule has 0 saturated carbocycles. The summed E-state index contributed by atoms with van der Waals surface area (Å²) in [7, 11) is -2.05. The van der Waals surface area contributed by atoms with Gasteiger partial charge >= 0.3 is 0 Å². The number of aliphatic hydroxyl groups is 1. The highest BCUT2D eigenvalue weighted by molar-refractivity contribution is 7.89. The van der Waals surface area contributed by atoms with Crippen LogP contribution >= 0.6 is 0 Å². The molecule has 1 rings (SSSR count). The summed E-state index contributed by atoms with van der Waals surface area (Å²) in [6.07, 6.45) is 2.92. The Morgan fingerprint density at radius 2 is 2.00 bits per heavy atom. The summed E-state index contributed by atoms with van der Waals surface area (Å²) in [5.74, 6) is 1.11. The van der Waals surface area contributed by atoms with Crippen LogP contribution in [-0.2, 0) is 16.6 Å². The predicted molar refractivity (Wildman–Crippen MR) is 82.8 cm³/mol. The Bertz CT molecular complexity index is 541. The zero-order chi connectivity index (χ0) is 15.9. The van der Waals surface area contributed by atoms with Gasteiger partial charge in [0.15, 0.2) is 0 Å². The number of benzene rings is 1. The van der Waals surface area contributed by atoms with E-state index in [4.69, 9.17) is 4.74 Å². The van der Waals surface area contributed by atoms with Crippen molar-refractivity contribution in [3.8, 4) is 5.75 Å². The van der Waals surface area contributed by atoms with Gasteiger partial charge in [0.1, 0.15) is 5.75 Å². The molecule has 0 spiro atoms. The number of sulfonamides is 1. The maximum absolute atomic E-state index is 12.2. The molecule has 0 amide bonds. The maximum Gasteiger partial charge on any atom is 0.240 e. The van der Waals surface area contributed by atoms with Crippen molar-refractivity contribution in [1.82, 2.24) is 4.72 Å². The Morgan fingerprint density at radius 1 is 1.29 bits per heavy atom. The first kappa shape index (κ1) is 17.9. The fourth-order valence-electron chi connectivity index (χ4n) is 2.01. The van der Waals surface area contributed by atoms with E-state index in [0.717, 1.165) is 19.3 Å². The molecule has 0 aliphatic heterocycles. The van der Waals surface area contributed by atoms with Gasteiger partial charge in [-0.1, -0.05) is 26.7 Å². The minimum absolute atomic E-state index is 0.149. The largest absolute Gasteiger partial charge is 0.496 e. The van der Waals surface area contributed by atoms with Gasteiger partial charge in [-0.2, -0.15) is 0 Å². The number of aliphatic hydroxyl groups excluding tert-OH is 1. The Morgan fingerprint density at radius 3 is 2.57 bits per heavy atom. The highest BCUT2D eigenvalue weighted by Gasteiger charge is 2.15. The van der Waals surface area contributed by atoms with Crippen LogP contribution in [0.15, 0.2) is 23.1 Å². The van der Waals surface area contributed by atoms with Crippen LogP contribution in [-0.4, -0.2) is 27.2 Å². The van der Waals surface area contributed by atoms with Crippen LogP contribution in [0.5, 0.6) is 5.75 Å². The lowest BCUT2D eigenvalue weighted by Gasteiger charge is -2.11. The summed E-state index contributed by atoms with van der Waals surface area (Å²) < 4.78 is 32.0. The second kappa shape index (κ2) is 8.36. The standard InChI is InChI=1S/C15H25NO4S/c1-12(2)6-4-5-9-16-21(18,19)14-7-8-15(20-3)13(10-14)11-17/h7-8,10,12,16-17H,4-6,9,11H2,1-3H3. The zero-order valence-corrected chi connectivity index (χ0v) is 13.7. The molecular formula is C15H25NO4S. The average molecular weight is 315 g/mol. The van der Waals surface area contributed by atoms with Gasteiger partial charge in [0.2, 0.25) is 10.0 Å². The van der Waals surface area contributed by atoms with Gasteiger partial charge < -0.3 is 9.84 Å². The SMILES string of the molecule is COc1ccc(S(=O)(=O)NCCCCC(C)C)cc1CO. The van der Waals surface area contributed by atoms with Gasteiger partial charge in [-0.15, -0.1) is 0 Å². The highest BCUT2D eigenvalue weighted by atomic mass is 32.2. The molecule has 0 atom stereocenters. The van der Waals surface area contributed by atoms with Crippen LogP contribution in [0.1, 0.15) is 38.7 Å². The van der Waals surface area contributed by atoms with Gasteiger partial charge in [0.05, 0.1) is 18.6 Å².